The summed E-state index contributed by atoms with van der Waals surface area (Å²) in [6, 6.07) is 8.93. The average molecular weight is 238 g/mol. The zero-order chi connectivity index (χ0) is 12.3. The molecule has 0 bridgehead atoms. The Hall–Kier alpha value is -1.59. The van der Waals surface area contributed by atoms with Gasteiger partial charge in [0, 0.05) is 19.7 Å². The summed E-state index contributed by atoms with van der Waals surface area (Å²) >= 11 is 0. The first-order valence-corrected chi connectivity index (χ1v) is 5.61. The van der Waals surface area contributed by atoms with E-state index in [-0.39, 0.29) is 0 Å². The van der Waals surface area contributed by atoms with E-state index in [0.717, 1.165) is 6.42 Å². The highest BCUT2D eigenvalue weighted by Gasteiger charge is 2.01. The average Bonchev–Trinajstić information content (AvgIpc) is 2.35. The number of hydrogen-bond acceptors (Lipinski definition) is 4. The van der Waals surface area contributed by atoms with Gasteiger partial charge in [0.2, 0.25) is 0 Å². The smallest absolute Gasteiger partial charge is 0.410 e. The molecule has 0 fully saturated rings. The summed E-state index contributed by atoms with van der Waals surface area (Å²) in [4.78, 5) is 11.3. The number of rotatable bonds is 7. The van der Waals surface area contributed by atoms with E-state index in [2.05, 4.69) is 5.32 Å². The third-order valence-corrected chi connectivity index (χ3v) is 1.95. The van der Waals surface area contributed by atoms with Gasteiger partial charge in [-0.1, -0.05) is 18.2 Å². The first-order chi connectivity index (χ1) is 8.33. The highest BCUT2D eigenvalue weighted by atomic mass is 16.6. The van der Waals surface area contributed by atoms with Gasteiger partial charge in [0.1, 0.15) is 5.75 Å². The molecular formula is C12H18N2O3. The molecule has 0 heterocycles. The Kier molecular flexibility index (Phi) is 6.78. The predicted octanol–water partition coefficient (Wildman–Crippen LogP) is 1.14. The molecule has 1 rings (SSSR count). The molecule has 0 spiro atoms. The minimum Gasteiger partial charge on any atom is -0.410 e. The van der Waals surface area contributed by atoms with Gasteiger partial charge in [0.25, 0.3) is 0 Å². The molecule has 94 valence electrons. The first-order valence-electron chi connectivity index (χ1n) is 5.61. The van der Waals surface area contributed by atoms with Crippen molar-refractivity contribution in [1.29, 1.82) is 0 Å². The van der Waals surface area contributed by atoms with Crippen molar-refractivity contribution in [1.82, 2.24) is 5.32 Å². The number of para-hydroxylation sites is 1. The van der Waals surface area contributed by atoms with Crippen LogP contribution in [0.1, 0.15) is 6.42 Å². The van der Waals surface area contributed by atoms with Gasteiger partial charge in [-0.3, -0.25) is 0 Å². The number of nitrogens with one attached hydrogen (secondary N) is 1. The number of carbonyl (C=O) groups is 1. The fourth-order valence-electron chi connectivity index (χ4n) is 1.18. The molecule has 0 aromatic heterocycles. The predicted molar refractivity (Wildman–Crippen MR) is 65.0 cm³/mol. The molecule has 0 aliphatic heterocycles. The van der Waals surface area contributed by atoms with Crippen molar-refractivity contribution in [2.75, 3.05) is 26.3 Å². The molecule has 0 unspecified atom stereocenters. The second kappa shape index (κ2) is 8.55. The highest BCUT2D eigenvalue weighted by molar-refractivity contribution is 5.70. The van der Waals surface area contributed by atoms with Gasteiger partial charge < -0.3 is 20.5 Å². The summed E-state index contributed by atoms with van der Waals surface area (Å²) in [5, 5.41) is 2.64. The summed E-state index contributed by atoms with van der Waals surface area (Å²) in [7, 11) is 0. The quantitative estimate of drug-likeness (QED) is 0.699. The Morgan fingerprint density at radius 2 is 2.00 bits per heavy atom. The minimum atomic E-state index is -0.449. The van der Waals surface area contributed by atoms with E-state index in [1.807, 2.05) is 18.2 Å². The van der Waals surface area contributed by atoms with Crippen molar-refractivity contribution in [2.24, 2.45) is 5.73 Å². The molecule has 1 aromatic carbocycles. The molecule has 1 aromatic rings. The van der Waals surface area contributed by atoms with Crippen LogP contribution in [0.15, 0.2) is 30.3 Å². The topological polar surface area (TPSA) is 73.6 Å². The Bertz CT molecular complexity index is 317. The summed E-state index contributed by atoms with van der Waals surface area (Å²) in [5.74, 6) is 0.532. The fraction of sp³-hybridized carbons (Fsp3) is 0.417. The summed E-state index contributed by atoms with van der Waals surface area (Å²) in [6.07, 6.45) is 0.291. The number of nitrogens with two attached hydrogens (primary N) is 1. The molecule has 0 aliphatic carbocycles. The van der Waals surface area contributed by atoms with Crippen LogP contribution in [-0.2, 0) is 4.74 Å². The lowest BCUT2D eigenvalue weighted by Crippen LogP contribution is -2.28. The molecule has 0 saturated heterocycles. The number of benzene rings is 1. The molecule has 5 nitrogen and oxygen atoms in total. The van der Waals surface area contributed by atoms with E-state index in [1.165, 1.54) is 0 Å². The summed E-state index contributed by atoms with van der Waals surface area (Å²) in [6.45, 7) is 2.18. The van der Waals surface area contributed by atoms with Crippen LogP contribution >= 0.6 is 0 Å². The largest absolute Gasteiger partial charge is 0.412 e. The maximum absolute atomic E-state index is 11.3. The van der Waals surface area contributed by atoms with Crippen molar-refractivity contribution in [3.8, 4) is 5.75 Å². The number of hydrogen-bond donors (Lipinski definition) is 2. The summed E-state index contributed by atoms with van der Waals surface area (Å²) in [5.41, 5.74) is 5.26. The third kappa shape index (κ3) is 6.55. The van der Waals surface area contributed by atoms with Crippen LogP contribution in [0.5, 0.6) is 5.75 Å². The van der Waals surface area contributed by atoms with Gasteiger partial charge in [0.15, 0.2) is 0 Å². The van der Waals surface area contributed by atoms with Crippen molar-refractivity contribution < 1.29 is 14.3 Å². The SMILES string of the molecule is NCCOCCCNC(=O)Oc1ccccc1. The monoisotopic (exact) mass is 238 g/mol. The molecule has 0 aliphatic rings. The zero-order valence-corrected chi connectivity index (χ0v) is 9.72. The van der Waals surface area contributed by atoms with E-state index in [9.17, 15) is 4.79 Å². The lowest BCUT2D eigenvalue weighted by atomic mass is 10.3. The van der Waals surface area contributed by atoms with Crippen LogP contribution in [-0.4, -0.2) is 32.4 Å². The lowest BCUT2D eigenvalue weighted by molar-refractivity contribution is 0.138. The fourth-order valence-corrected chi connectivity index (χ4v) is 1.18. The highest BCUT2D eigenvalue weighted by Crippen LogP contribution is 2.07. The van der Waals surface area contributed by atoms with Gasteiger partial charge in [-0.05, 0) is 18.6 Å². The van der Waals surface area contributed by atoms with Crippen molar-refractivity contribution >= 4 is 6.09 Å². The molecule has 5 heteroatoms. The van der Waals surface area contributed by atoms with Gasteiger partial charge in [0.05, 0.1) is 6.61 Å². The molecule has 0 atom stereocenters. The molecule has 1 amide bonds. The van der Waals surface area contributed by atoms with Crippen molar-refractivity contribution in [3.05, 3.63) is 30.3 Å². The van der Waals surface area contributed by atoms with Gasteiger partial charge >= 0.3 is 6.09 Å². The van der Waals surface area contributed by atoms with Crippen LogP contribution in [0.3, 0.4) is 0 Å². The van der Waals surface area contributed by atoms with E-state index < -0.39 is 6.09 Å². The third-order valence-electron chi connectivity index (χ3n) is 1.95. The molecule has 3 N–H and O–H groups in total. The second-order valence-corrected chi connectivity index (χ2v) is 3.38. The second-order valence-electron chi connectivity index (χ2n) is 3.38. The van der Waals surface area contributed by atoms with Crippen LogP contribution in [0.4, 0.5) is 4.79 Å². The van der Waals surface area contributed by atoms with E-state index in [4.69, 9.17) is 15.2 Å². The molecule has 17 heavy (non-hydrogen) atoms. The Morgan fingerprint density at radius 1 is 1.24 bits per heavy atom. The maximum Gasteiger partial charge on any atom is 0.412 e. The van der Waals surface area contributed by atoms with Crippen LogP contribution in [0, 0.1) is 0 Å². The van der Waals surface area contributed by atoms with Crippen LogP contribution in [0.2, 0.25) is 0 Å². The van der Waals surface area contributed by atoms with E-state index in [0.29, 0.717) is 32.1 Å². The Labute approximate surface area is 101 Å². The van der Waals surface area contributed by atoms with E-state index >= 15 is 0 Å². The molecule has 0 saturated carbocycles. The van der Waals surface area contributed by atoms with Gasteiger partial charge in [-0.2, -0.15) is 0 Å². The number of carbonyl (C=O) groups excluding carboxylic acids is 1. The Morgan fingerprint density at radius 3 is 2.71 bits per heavy atom. The van der Waals surface area contributed by atoms with Crippen LogP contribution in [0.25, 0.3) is 0 Å². The zero-order valence-electron chi connectivity index (χ0n) is 9.72. The number of ether oxygens (including phenoxy) is 2. The van der Waals surface area contributed by atoms with Crippen molar-refractivity contribution in [3.63, 3.8) is 0 Å². The number of amides is 1. The molecular weight excluding hydrogens is 220 g/mol. The maximum atomic E-state index is 11.3. The van der Waals surface area contributed by atoms with Crippen molar-refractivity contribution in [2.45, 2.75) is 6.42 Å². The molecule has 0 radical (unpaired) electrons. The normalized spacial score (nSPS) is 9.94. The van der Waals surface area contributed by atoms with Crippen LogP contribution < -0.4 is 15.8 Å². The van der Waals surface area contributed by atoms with Gasteiger partial charge in [-0.15, -0.1) is 0 Å². The first kappa shape index (κ1) is 13.5. The lowest BCUT2D eigenvalue weighted by Gasteiger charge is -2.06. The Balaban J connectivity index is 2.06. The minimum absolute atomic E-state index is 0.449. The summed E-state index contributed by atoms with van der Waals surface area (Å²) < 4.78 is 10.2. The van der Waals surface area contributed by atoms with Gasteiger partial charge in [-0.25, -0.2) is 4.79 Å². The van der Waals surface area contributed by atoms with E-state index in [1.54, 1.807) is 12.1 Å². The standard InChI is InChI=1S/C12H18N2O3/c13-7-10-16-9-4-8-14-12(15)17-11-5-2-1-3-6-11/h1-3,5-6H,4,7-10,13H2,(H,14,15).